The molecule has 0 atom stereocenters. The first-order valence-electron chi connectivity index (χ1n) is 9.46. The molecule has 6 nitrogen and oxygen atoms in total. The van der Waals surface area contributed by atoms with Crippen LogP contribution < -0.4 is 4.74 Å². The maximum Gasteiger partial charge on any atom is 0.191 e. The zero-order valence-electron chi connectivity index (χ0n) is 16.3. The highest BCUT2D eigenvalue weighted by atomic mass is 35.5. The quantitative estimate of drug-likeness (QED) is 0.283. The fourth-order valence-corrected chi connectivity index (χ4v) is 4.08. The number of thioether (sulfide) groups is 1. The van der Waals surface area contributed by atoms with Gasteiger partial charge in [0.1, 0.15) is 17.9 Å². The van der Waals surface area contributed by atoms with Crippen LogP contribution in [0.2, 0.25) is 5.02 Å². The Morgan fingerprint density at radius 1 is 1.10 bits per heavy atom. The summed E-state index contributed by atoms with van der Waals surface area (Å²) in [6, 6.07) is 16.6. The van der Waals surface area contributed by atoms with Gasteiger partial charge in [-0.3, -0.25) is 9.78 Å². The molecular formula is C22H19ClN4O2S. The Balaban J connectivity index is 1.44. The number of ether oxygens (including phenoxy) is 1. The minimum Gasteiger partial charge on any atom is -0.483 e. The van der Waals surface area contributed by atoms with Crippen molar-refractivity contribution in [3.63, 3.8) is 0 Å². The largest absolute Gasteiger partial charge is 0.483 e. The van der Waals surface area contributed by atoms with Crippen LogP contribution in [0.3, 0.4) is 0 Å². The van der Waals surface area contributed by atoms with E-state index in [1.807, 2.05) is 41.8 Å². The summed E-state index contributed by atoms with van der Waals surface area (Å²) in [6.07, 6.45) is 1.75. The van der Waals surface area contributed by atoms with Crippen LogP contribution in [-0.2, 0) is 13.2 Å². The van der Waals surface area contributed by atoms with Crippen LogP contribution in [-0.4, -0.2) is 31.3 Å². The molecule has 0 amide bonds. The van der Waals surface area contributed by atoms with E-state index in [1.165, 1.54) is 11.8 Å². The first-order valence-corrected chi connectivity index (χ1v) is 10.8. The molecule has 4 rings (SSSR count). The second-order valence-corrected chi connectivity index (χ2v) is 7.86. The molecule has 4 aromatic rings. The maximum absolute atomic E-state index is 12.4. The number of halogens is 1. The minimum atomic E-state index is 0.0157. The lowest BCUT2D eigenvalue weighted by atomic mass is 10.1. The van der Waals surface area contributed by atoms with E-state index in [0.29, 0.717) is 33.9 Å². The fourth-order valence-electron chi connectivity index (χ4n) is 3.03. The van der Waals surface area contributed by atoms with Gasteiger partial charge in [-0.25, -0.2) is 0 Å². The third kappa shape index (κ3) is 4.47. The number of rotatable bonds is 8. The molecule has 0 saturated carbocycles. The Kier molecular flexibility index (Phi) is 6.30. The van der Waals surface area contributed by atoms with Crippen molar-refractivity contribution in [2.75, 3.05) is 5.75 Å². The molecule has 0 bridgehead atoms. The topological polar surface area (TPSA) is 69.9 Å². The van der Waals surface area contributed by atoms with Gasteiger partial charge in [0.25, 0.3) is 0 Å². The van der Waals surface area contributed by atoms with E-state index in [9.17, 15) is 4.79 Å². The van der Waals surface area contributed by atoms with Gasteiger partial charge in [-0.15, -0.1) is 10.2 Å². The zero-order chi connectivity index (χ0) is 20.9. The standard InChI is InChI=1S/C22H19ClN4O2S/c1-2-27-20(13-29-19-7-3-5-16-6-4-12-24-21(16)19)25-26-22(27)30-14-18(28)15-8-10-17(23)11-9-15/h3-12H,2,13-14H2,1H3. The Labute approximate surface area is 183 Å². The van der Waals surface area contributed by atoms with E-state index in [4.69, 9.17) is 16.3 Å². The van der Waals surface area contributed by atoms with E-state index in [-0.39, 0.29) is 18.1 Å². The number of benzene rings is 2. The molecule has 0 radical (unpaired) electrons. The van der Waals surface area contributed by atoms with Gasteiger partial charge in [0.15, 0.2) is 16.8 Å². The third-order valence-corrected chi connectivity index (χ3v) is 5.78. The summed E-state index contributed by atoms with van der Waals surface area (Å²) in [6.45, 7) is 2.95. The second kappa shape index (κ2) is 9.28. The maximum atomic E-state index is 12.4. The summed E-state index contributed by atoms with van der Waals surface area (Å²) < 4.78 is 7.95. The number of para-hydroxylation sites is 1. The van der Waals surface area contributed by atoms with E-state index in [1.54, 1.807) is 30.5 Å². The molecule has 0 aliphatic heterocycles. The Bertz CT molecular complexity index is 1170. The van der Waals surface area contributed by atoms with E-state index in [0.717, 1.165) is 10.9 Å². The molecule has 2 aromatic heterocycles. The highest BCUT2D eigenvalue weighted by Crippen LogP contribution is 2.25. The van der Waals surface area contributed by atoms with Crippen LogP contribution in [0.5, 0.6) is 5.75 Å². The predicted molar refractivity (Wildman–Crippen MR) is 118 cm³/mol. The summed E-state index contributed by atoms with van der Waals surface area (Å²) in [5.74, 6) is 1.69. The summed E-state index contributed by atoms with van der Waals surface area (Å²) in [4.78, 5) is 16.8. The van der Waals surface area contributed by atoms with Crippen molar-refractivity contribution in [2.24, 2.45) is 0 Å². The lowest BCUT2D eigenvalue weighted by Gasteiger charge is -2.10. The molecule has 0 N–H and O–H groups in total. The van der Waals surface area contributed by atoms with Crippen molar-refractivity contribution >= 4 is 40.0 Å². The highest BCUT2D eigenvalue weighted by Gasteiger charge is 2.15. The number of hydrogen-bond donors (Lipinski definition) is 0. The average molecular weight is 439 g/mol. The number of carbonyl (C=O) groups is 1. The fraction of sp³-hybridized carbons (Fsp3) is 0.182. The van der Waals surface area contributed by atoms with Gasteiger partial charge < -0.3 is 9.30 Å². The Hall–Kier alpha value is -2.90. The lowest BCUT2D eigenvalue weighted by molar-refractivity contribution is 0.102. The molecular weight excluding hydrogens is 420 g/mol. The van der Waals surface area contributed by atoms with Crippen molar-refractivity contribution < 1.29 is 9.53 Å². The smallest absolute Gasteiger partial charge is 0.191 e. The van der Waals surface area contributed by atoms with Crippen LogP contribution in [0.25, 0.3) is 10.9 Å². The molecule has 0 saturated heterocycles. The van der Waals surface area contributed by atoms with Gasteiger partial charge in [-0.1, -0.05) is 41.6 Å². The average Bonchev–Trinajstić information content (AvgIpc) is 3.18. The molecule has 2 aromatic carbocycles. The highest BCUT2D eigenvalue weighted by molar-refractivity contribution is 7.99. The summed E-state index contributed by atoms with van der Waals surface area (Å²) >= 11 is 7.25. The molecule has 0 fully saturated rings. The van der Waals surface area contributed by atoms with Crippen molar-refractivity contribution in [1.29, 1.82) is 0 Å². The zero-order valence-corrected chi connectivity index (χ0v) is 17.9. The minimum absolute atomic E-state index is 0.0157. The van der Waals surface area contributed by atoms with Gasteiger partial charge in [0, 0.05) is 28.7 Å². The first kappa shape index (κ1) is 20.4. The SMILES string of the molecule is CCn1c(COc2cccc3cccnc23)nnc1SCC(=O)c1ccc(Cl)cc1. The normalized spacial score (nSPS) is 11.0. The van der Waals surface area contributed by atoms with Crippen molar-refractivity contribution in [1.82, 2.24) is 19.7 Å². The summed E-state index contributed by atoms with van der Waals surface area (Å²) in [5, 5.41) is 10.8. The number of Topliss-reactive ketones (excluding diaryl/α,β-unsaturated/α-hetero) is 1. The number of hydrogen-bond acceptors (Lipinski definition) is 6. The van der Waals surface area contributed by atoms with Crippen LogP contribution in [0.4, 0.5) is 0 Å². The van der Waals surface area contributed by atoms with Crippen LogP contribution in [0.1, 0.15) is 23.1 Å². The summed E-state index contributed by atoms with van der Waals surface area (Å²) in [7, 11) is 0. The predicted octanol–water partition coefficient (Wildman–Crippen LogP) is 5.05. The molecule has 0 aliphatic rings. The second-order valence-electron chi connectivity index (χ2n) is 6.48. The number of ketones is 1. The molecule has 0 unspecified atom stereocenters. The van der Waals surface area contributed by atoms with Gasteiger partial charge in [-0.05, 0) is 43.3 Å². The molecule has 0 spiro atoms. The van der Waals surface area contributed by atoms with Gasteiger partial charge >= 0.3 is 0 Å². The molecule has 0 aliphatic carbocycles. The van der Waals surface area contributed by atoms with Crippen LogP contribution >= 0.6 is 23.4 Å². The third-order valence-electron chi connectivity index (χ3n) is 4.56. The summed E-state index contributed by atoms with van der Waals surface area (Å²) in [5.41, 5.74) is 1.44. The van der Waals surface area contributed by atoms with Gasteiger partial charge in [0.05, 0.1) is 5.75 Å². The molecule has 2 heterocycles. The van der Waals surface area contributed by atoms with Gasteiger partial charge in [-0.2, -0.15) is 0 Å². The Morgan fingerprint density at radius 2 is 1.90 bits per heavy atom. The van der Waals surface area contributed by atoms with E-state index < -0.39 is 0 Å². The van der Waals surface area contributed by atoms with Crippen molar-refractivity contribution in [3.8, 4) is 5.75 Å². The lowest BCUT2D eigenvalue weighted by Crippen LogP contribution is -2.08. The Morgan fingerprint density at radius 3 is 2.70 bits per heavy atom. The molecule has 30 heavy (non-hydrogen) atoms. The molecule has 152 valence electrons. The van der Waals surface area contributed by atoms with Crippen molar-refractivity contribution in [3.05, 3.63) is 77.2 Å². The number of aromatic nitrogens is 4. The number of fused-ring (bicyclic) bond motifs is 1. The van der Waals surface area contributed by atoms with E-state index in [2.05, 4.69) is 15.2 Å². The number of nitrogens with zero attached hydrogens (tertiary/aromatic N) is 4. The number of pyridine rings is 1. The van der Waals surface area contributed by atoms with Crippen LogP contribution in [0.15, 0.2) is 66.0 Å². The van der Waals surface area contributed by atoms with Gasteiger partial charge in [0.2, 0.25) is 0 Å². The molecule has 8 heteroatoms. The first-order chi connectivity index (χ1) is 14.7. The van der Waals surface area contributed by atoms with E-state index >= 15 is 0 Å². The van der Waals surface area contributed by atoms with Crippen molar-refractivity contribution in [2.45, 2.75) is 25.2 Å². The monoisotopic (exact) mass is 438 g/mol. The van der Waals surface area contributed by atoms with Crippen LogP contribution in [0, 0.1) is 0 Å². The number of carbonyl (C=O) groups excluding carboxylic acids is 1.